The van der Waals surface area contributed by atoms with Gasteiger partial charge in [0, 0.05) is 0 Å². The summed E-state index contributed by atoms with van der Waals surface area (Å²) in [6.45, 7) is 9.20. The molecule has 0 radical (unpaired) electrons. The molecule has 0 fully saturated rings. The summed E-state index contributed by atoms with van der Waals surface area (Å²) < 4.78 is 5.42. The van der Waals surface area contributed by atoms with Gasteiger partial charge in [0.15, 0.2) is 0 Å². The lowest BCUT2D eigenvalue weighted by Gasteiger charge is -2.12. The summed E-state index contributed by atoms with van der Waals surface area (Å²) in [5, 5.41) is 9.49. The second kappa shape index (κ2) is 22.9. The number of unbranched alkanes of at least 4 members (excludes halogenated alkanes) is 13. The van der Waals surface area contributed by atoms with Crippen LogP contribution in [0.25, 0.3) is 0 Å². The first kappa shape index (κ1) is 32.2. The number of carboxylic acid groups (broad SMARTS) is 1. The van der Waals surface area contributed by atoms with E-state index in [0.29, 0.717) is 13.0 Å². The minimum atomic E-state index is -1.07. The first-order chi connectivity index (χ1) is 16.5. The maximum atomic E-state index is 12.6. The molecule has 34 heavy (non-hydrogen) atoms. The average molecular weight is 477 g/mol. The summed E-state index contributed by atoms with van der Waals surface area (Å²) in [6.07, 6.45) is 19.9. The zero-order chi connectivity index (χ0) is 25.4. The number of carbonyl (C=O) groups excluding carboxylic acids is 1. The predicted molar refractivity (Wildman–Crippen MR) is 144 cm³/mol. The van der Waals surface area contributed by atoms with Crippen LogP contribution in [0.15, 0.2) is 18.2 Å². The van der Waals surface area contributed by atoms with E-state index in [9.17, 15) is 14.7 Å². The summed E-state index contributed by atoms with van der Waals surface area (Å²) in [6, 6.07) is 5.08. The molecule has 0 aliphatic heterocycles. The molecule has 0 bridgehead atoms. The van der Waals surface area contributed by atoms with Gasteiger partial charge in [-0.15, -0.1) is 0 Å². The third-order valence-corrected chi connectivity index (χ3v) is 6.07. The molecule has 0 heterocycles. The third-order valence-electron chi connectivity index (χ3n) is 6.07. The smallest absolute Gasteiger partial charge is 0.339 e. The van der Waals surface area contributed by atoms with Crippen LogP contribution < -0.4 is 0 Å². The Morgan fingerprint density at radius 2 is 1.15 bits per heavy atom. The molecular formula is C30H52O4. The van der Waals surface area contributed by atoms with E-state index in [1.165, 1.54) is 76.7 Å². The molecule has 0 saturated carbocycles. The number of esters is 1. The van der Waals surface area contributed by atoms with Crippen LogP contribution in [-0.4, -0.2) is 23.7 Å². The highest BCUT2D eigenvalue weighted by Gasteiger charge is 2.21. The molecule has 196 valence electrons. The standard InChI is InChI=1S/C24H38O4.C6H14/c1-3-5-7-9-11-13-16-20-17-15-18-21(23(25)26)22(20)24(27)28-19-14-12-10-8-6-4-2;1-3-5-6-4-2/h15,17-18H,3-14,16,19H2,1-2H3,(H,25,26);3-6H2,1-2H3. The molecule has 1 N–H and O–H groups in total. The van der Waals surface area contributed by atoms with E-state index in [4.69, 9.17) is 4.74 Å². The number of rotatable bonds is 19. The Balaban J connectivity index is 0.00000160. The first-order valence-corrected chi connectivity index (χ1v) is 14.1. The minimum absolute atomic E-state index is 0.0522. The highest BCUT2D eigenvalue weighted by molar-refractivity contribution is 6.03. The van der Waals surface area contributed by atoms with Gasteiger partial charge < -0.3 is 9.84 Å². The van der Waals surface area contributed by atoms with E-state index >= 15 is 0 Å². The van der Waals surface area contributed by atoms with Gasteiger partial charge in [0.2, 0.25) is 0 Å². The Labute approximate surface area is 209 Å². The largest absolute Gasteiger partial charge is 0.478 e. The van der Waals surface area contributed by atoms with Crippen LogP contribution >= 0.6 is 0 Å². The van der Waals surface area contributed by atoms with Crippen LogP contribution in [-0.2, 0) is 11.2 Å². The second-order valence-electron chi connectivity index (χ2n) is 9.27. The fourth-order valence-electron chi connectivity index (χ4n) is 3.94. The average Bonchev–Trinajstić information content (AvgIpc) is 2.84. The van der Waals surface area contributed by atoms with Crippen molar-refractivity contribution in [1.82, 2.24) is 0 Å². The monoisotopic (exact) mass is 476 g/mol. The number of carboxylic acids is 1. The molecule has 4 nitrogen and oxygen atoms in total. The number of aryl methyl sites for hydroxylation is 1. The van der Waals surface area contributed by atoms with Crippen molar-refractivity contribution in [3.05, 3.63) is 34.9 Å². The zero-order valence-electron chi connectivity index (χ0n) is 22.6. The van der Waals surface area contributed by atoms with E-state index < -0.39 is 11.9 Å². The summed E-state index contributed by atoms with van der Waals surface area (Å²) in [4.78, 5) is 24.2. The molecule has 1 rings (SSSR count). The summed E-state index contributed by atoms with van der Waals surface area (Å²) >= 11 is 0. The van der Waals surface area contributed by atoms with E-state index in [-0.39, 0.29) is 11.1 Å². The van der Waals surface area contributed by atoms with E-state index in [1.807, 2.05) is 6.07 Å². The molecule has 0 amide bonds. The van der Waals surface area contributed by atoms with Gasteiger partial charge in [-0.3, -0.25) is 0 Å². The molecule has 0 saturated heterocycles. The molecule has 0 aromatic heterocycles. The quantitative estimate of drug-likeness (QED) is 0.159. The van der Waals surface area contributed by atoms with Gasteiger partial charge in [0.1, 0.15) is 0 Å². The van der Waals surface area contributed by atoms with Crippen LogP contribution in [0.5, 0.6) is 0 Å². The minimum Gasteiger partial charge on any atom is -0.478 e. The lowest BCUT2D eigenvalue weighted by atomic mass is 9.96. The Hall–Kier alpha value is -1.84. The highest BCUT2D eigenvalue weighted by atomic mass is 16.5. The fourth-order valence-corrected chi connectivity index (χ4v) is 3.94. The molecule has 1 aromatic rings. The normalized spacial score (nSPS) is 10.5. The van der Waals surface area contributed by atoms with Crippen LogP contribution in [0.3, 0.4) is 0 Å². The SMILES string of the molecule is CCCCCC.CCCCCCCCOC(=O)c1c(CCCCCCCC)cccc1C(=O)O. The maximum absolute atomic E-state index is 12.6. The number of ether oxygens (including phenoxy) is 1. The number of carbonyl (C=O) groups is 2. The van der Waals surface area contributed by atoms with Crippen molar-refractivity contribution in [2.24, 2.45) is 0 Å². The number of hydrogen-bond acceptors (Lipinski definition) is 3. The van der Waals surface area contributed by atoms with Gasteiger partial charge in [0.05, 0.1) is 17.7 Å². The lowest BCUT2D eigenvalue weighted by Crippen LogP contribution is -2.15. The lowest BCUT2D eigenvalue weighted by molar-refractivity contribution is 0.0486. The van der Waals surface area contributed by atoms with Crippen molar-refractivity contribution in [3.63, 3.8) is 0 Å². The molecule has 0 spiro atoms. The van der Waals surface area contributed by atoms with Crippen molar-refractivity contribution in [2.45, 2.75) is 137 Å². The molecule has 0 aliphatic carbocycles. The Bertz CT molecular complexity index is 635. The highest BCUT2D eigenvalue weighted by Crippen LogP contribution is 2.20. The van der Waals surface area contributed by atoms with Gasteiger partial charge in [-0.05, 0) is 30.9 Å². The predicted octanol–water partition coefficient (Wildman–Crippen LogP) is 9.39. The van der Waals surface area contributed by atoms with Crippen molar-refractivity contribution < 1.29 is 19.4 Å². The summed E-state index contributed by atoms with van der Waals surface area (Å²) in [5.41, 5.74) is 1.09. The van der Waals surface area contributed by atoms with Crippen molar-refractivity contribution in [3.8, 4) is 0 Å². The van der Waals surface area contributed by atoms with E-state index in [2.05, 4.69) is 27.7 Å². The van der Waals surface area contributed by atoms with E-state index in [1.54, 1.807) is 6.07 Å². The molecule has 0 atom stereocenters. The zero-order valence-corrected chi connectivity index (χ0v) is 22.6. The molecule has 0 aliphatic rings. The van der Waals surface area contributed by atoms with Gasteiger partial charge in [-0.25, -0.2) is 9.59 Å². The topological polar surface area (TPSA) is 63.6 Å². The number of benzene rings is 1. The van der Waals surface area contributed by atoms with Crippen molar-refractivity contribution in [2.75, 3.05) is 6.61 Å². The van der Waals surface area contributed by atoms with Crippen LogP contribution in [0.2, 0.25) is 0 Å². The summed E-state index contributed by atoms with van der Waals surface area (Å²) in [7, 11) is 0. The van der Waals surface area contributed by atoms with Gasteiger partial charge >= 0.3 is 11.9 Å². The van der Waals surface area contributed by atoms with Crippen molar-refractivity contribution >= 4 is 11.9 Å². The van der Waals surface area contributed by atoms with Crippen LogP contribution in [0.4, 0.5) is 0 Å². The number of aromatic carboxylic acids is 1. The maximum Gasteiger partial charge on any atom is 0.339 e. The molecule has 4 heteroatoms. The Morgan fingerprint density at radius 1 is 0.676 bits per heavy atom. The molecule has 1 aromatic carbocycles. The first-order valence-electron chi connectivity index (χ1n) is 14.1. The van der Waals surface area contributed by atoms with Crippen molar-refractivity contribution in [1.29, 1.82) is 0 Å². The Kier molecular flexibility index (Phi) is 21.7. The molecule has 0 unspecified atom stereocenters. The van der Waals surface area contributed by atoms with Crippen LogP contribution in [0.1, 0.15) is 157 Å². The van der Waals surface area contributed by atoms with E-state index in [0.717, 1.165) is 37.7 Å². The summed E-state index contributed by atoms with van der Waals surface area (Å²) in [5.74, 6) is -1.57. The fraction of sp³-hybridized carbons (Fsp3) is 0.733. The number of hydrogen-bond donors (Lipinski definition) is 1. The van der Waals surface area contributed by atoms with Gasteiger partial charge in [-0.1, -0.05) is 130 Å². The second-order valence-corrected chi connectivity index (χ2v) is 9.27. The van der Waals surface area contributed by atoms with Gasteiger partial charge in [-0.2, -0.15) is 0 Å². The Morgan fingerprint density at radius 3 is 1.68 bits per heavy atom. The van der Waals surface area contributed by atoms with Gasteiger partial charge in [0.25, 0.3) is 0 Å². The third kappa shape index (κ3) is 15.9. The van der Waals surface area contributed by atoms with Crippen LogP contribution in [0, 0.1) is 0 Å². The molecular weight excluding hydrogens is 424 g/mol.